The van der Waals surface area contributed by atoms with Crippen LogP contribution in [-0.2, 0) is 0 Å². The molecule has 1 saturated heterocycles. The van der Waals surface area contributed by atoms with Crippen molar-refractivity contribution in [1.29, 1.82) is 0 Å². The second-order valence-electron chi connectivity index (χ2n) is 4.51. The van der Waals surface area contributed by atoms with E-state index in [2.05, 4.69) is 11.9 Å². The number of hydrogen-bond acceptors (Lipinski definition) is 3. The lowest BCUT2D eigenvalue weighted by atomic mass is 9.86. The standard InChI is InChI=1S/C12H17N3O/c1-2-5-12(13)8-15(9-12)11(16)10-3-6-14-7-4-10/h3-4,6-7H,2,5,8-9,13H2,1H3. The summed E-state index contributed by atoms with van der Waals surface area (Å²) in [4.78, 5) is 17.7. The van der Waals surface area contributed by atoms with Gasteiger partial charge in [-0.05, 0) is 18.6 Å². The van der Waals surface area contributed by atoms with Crippen molar-refractivity contribution in [3.05, 3.63) is 30.1 Å². The van der Waals surface area contributed by atoms with Crippen LogP contribution in [-0.4, -0.2) is 34.4 Å². The largest absolute Gasteiger partial charge is 0.335 e. The van der Waals surface area contributed by atoms with Crippen molar-refractivity contribution >= 4 is 5.91 Å². The van der Waals surface area contributed by atoms with E-state index >= 15 is 0 Å². The number of carbonyl (C=O) groups excluding carboxylic acids is 1. The Labute approximate surface area is 95.5 Å². The third-order valence-corrected chi connectivity index (χ3v) is 2.97. The third kappa shape index (κ3) is 2.07. The zero-order chi connectivity index (χ0) is 11.6. The smallest absolute Gasteiger partial charge is 0.254 e. The Morgan fingerprint density at radius 3 is 2.69 bits per heavy atom. The van der Waals surface area contributed by atoms with Crippen LogP contribution in [0, 0.1) is 0 Å². The first kappa shape index (κ1) is 11.1. The van der Waals surface area contributed by atoms with Crippen molar-refractivity contribution in [2.45, 2.75) is 25.3 Å². The fourth-order valence-electron chi connectivity index (χ4n) is 2.19. The molecule has 2 heterocycles. The van der Waals surface area contributed by atoms with Crippen molar-refractivity contribution in [3.8, 4) is 0 Å². The van der Waals surface area contributed by atoms with Crippen molar-refractivity contribution < 1.29 is 4.79 Å². The molecular formula is C12H17N3O. The van der Waals surface area contributed by atoms with Crippen molar-refractivity contribution in [2.75, 3.05) is 13.1 Å². The second kappa shape index (κ2) is 4.22. The summed E-state index contributed by atoms with van der Waals surface area (Å²) >= 11 is 0. The maximum atomic E-state index is 12.0. The first-order chi connectivity index (χ1) is 7.64. The Morgan fingerprint density at radius 2 is 2.12 bits per heavy atom. The monoisotopic (exact) mass is 219 g/mol. The van der Waals surface area contributed by atoms with Gasteiger partial charge >= 0.3 is 0 Å². The van der Waals surface area contributed by atoms with E-state index in [-0.39, 0.29) is 11.4 Å². The normalized spacial score (nSPS) is 18.0. The molecule has 0 spiro atoms. The molecule has 2 rings (SSSR count). The Kier molecular flexibility index (Phi) is 2.92. The van der Waals surface area contributed by atoms with Gasteiger partial charge in [-0.15, -0.1) is 0 Å². The van der Waals surface area contributed by atoms with Crippen molar-refractivity contribution in [3.63, 3.8) is 0 Å². The number of aromatic nitrogens is 1. The molecule has 4 nitrogen and oxygen atoms in total. The molecule has 0 atom stereocenters. The number of nitrogens with zero attached hydrogens (tertiary/aromatic N) is 2. The number of nitrogens with two attached hydrogens (primary N) is 1. The summed E-state index contributed by atoms with van der Waals surface area (Å²) in [5, 5.41) is 0. The van der Waals surface area contributed by atoms with Gasteiger partial charge in [0.05, 0.1) is 5.54 Å². The van der Waals surface area contributed by atoms with Crippen LogP contribution in [0.1, 0.15) is 30.1 Å². The predicted octanol–water partition coefficient (Wildman–Crippen LogP) is 1.03. The molecular weight excluding hydrogens is 202 g/mol. The molecule has 1 aliphatic rings. The fraction of sp³-hybridized carbons (Fsp3) is 0.500. The Hall–Kier alpha value is -1.42. The highest BCUT2D eigenvalue weighted by molar-refractivity contribution is 5.94. The van der Waals surface area contributed by atoms with Gasteiger partial charge in [0.25, 0.3) is 5.91 Å². The highest BCUT2D eigenvalue weighted by atomic mass is 16.2. The summed E-state index contributed by atoms with van der Waals surface area (Å²) in [5.74, 6) is 0.0552. The van der Waals surface area contributed by atoms with E-state index in [0.29, 0.717) is 18.7 Å². The topological polar surface area (TPSA) is 59.2 Å². The molecule has 0 unspecified atom stereocenters. The predicted molar refractivity (Wildman–Crippen MR) is 62.0 cm³/mol. The maximum absolute atomic E-state index is 12.0. The molecule has 1 aromatic heterocycles. The number of rotatable bonds is 3. The molecule has 1 fully saturated rings. The van der Waals surface area contributed by atoms with E-state index in [1.54, 1.807) is 29.4 Å². The molecule has 4 heteroatoms. The van der Waals surface area contributed by atoms with Gasteiger partial charge in [0.2, 0.25) is 0 Å². The minimum absolute atomic E-state index is 0.0552. The Morgan fingerprint density at radius 1 is 1.50 bits per heavy atom. The summed E-state index contributed by atoms with van der Waals surface area (Å²) < 4.78 is 0. The molecule has 0 radical (unpaired) electrons. The molecule has 1 amide bonds. The van der Waals surface area contributed by atoms with E-state index < -0.39 is 0 Å². The molecule has 16 heavy (non-hydrogen) atoms. The van der Waals surface area contributed by atoms with Gasteiger partial charge in [0.1, 0.15) is 0 Å². The van der Waals surface area contributed by atoms with Gasteiger partial charge in [-0.25, -0.2) is 0 Å². The van der Waals surface area contributed by atoms with Crippen LogP contribution in [0.4, 0.5) is 0 Å². The first-order valence-electron chi connectivity index (χ1n) is 5.63. The number of likely N-dealkylation sites (tertiary alicyclic amines) is 1. The maximum Gasteiger partial charge on any atom is 0.254 e. The van der Waals surface area contributed by atoms with E-state index in [9.17, 15) is 4.79 Å². The van der Waals surface area contributed by atoms with Gasteiger partial charge in [0, 0.05) is 31.0 Å². The van der Waals surface area contributed by atoms with Gasteiger partial charge in [0.15, 0.2) is 0 Å². The summed E-state index contributed by atoms with van der Waals surface area (Å²) in [6.45, 7) is 3.45. The third-order valence-electron chi connectivity index (χ3n) is 2.97. The molecule has 0 aliphatic carbocycles. The van der Waals surface area contributed by atoms with Crippen LogP contribution < -0.4 is 5.73 Å². The number of amides is 1. The van der Waals surface area contributed by atoms with E-state index in [4.69, 9.17) is 5.73 Å². The molecule has 2 N–H and O–H groups in total. The van der Waals surface area contributed by atoms with Gasteiger partial charge in [-0.3, -0.25) is 9.78 Å². The lowest BCUT2D eigenvalue weighted by Gasteiger charge is -2.47. The average Bonchev–Trinajstić information content (AvgIpc) is 2.26. The molecule has 0 aromatic carbocycles. The summed E-state index contributed by atoms with van der Waals surface area (Å²) in [6.07, 6.45) is 5.31. The van der Waals surface area contributed by atoms with Crippen molar-refractivity contribution in [2.24, 2.45) is 5.73 Å². The van der Waals surface area contributed by atoms with E-state index in [1.165, 1.54) is 0 Å². The number of pyridine rings is 1. The quantitative estimate of drug-likeness (QED) is 0.826. The highest BCUT2D eigenvalue weighted by Gasteiger charge is 2.41. The molecule has 86 valence electrons. The van der Waals surface area contributed by atoms with Crippen LogP contribution >= 0.6 is 0 Å². The van der Waals surface area contributed by atoms with Crippen LogP contribution in [0.2, 0.25) is 0 Å². The Bertz CT molecular complexity index is 371. The summed E-state index contributed by atoms with van der Waals surface area (Å²) in [6, 6.07) is 3.47. The number of carbonyl (C=O) groups is 1. The van der Waals surface area contributed by atoms with Crippen LogP contribution in [0.3, 0.4) is 0 Å². The van der Waals surface area contributed by atoms with E-state index in [0.717, 1.165) is 12.8 Å². The Balaban J connectivity index is 1.96. The van der Waals surface area contributed by atoms with Crippen LogP contribution in [0.5, 0.6) is 0 Å². The van der Waals surface area contributed by atoms with Gasteiger partial charge in [-0.2, -0.15) is 0 Å². The molecule has 0 bridgehead atoms. The van der Waals surface area contributed by atoms with E-state index in [1.807, 2.05) is 0 Å². The minimum Gasteiger partial charge on any atom is -0.335 e. The van der Waals surface area contributed by atoms with Crippen LogP contribution in [0.15, 0.2) is 24.5 Å². The summed E-state index contributed by atoms with van der Waals surface area (Å²) in [7, 11) is 0. The molecule has 1 aliphatic heterocycles. The first-order valence-corrected chi connectivity index (χ1v) is 5.63. The second-order valence-corrected chi connectivity index (χ2v) is 4.51. The lowest BCUT2D eigenvalue weighted by Crippen LogP contribution is -2.68. The highest BCUT2D eigenvalue weighted by Crippen LogP contribution is 2.24. The summed E-state index contributed by atoms with van der Waals surface area (Å²) in [5.41, 5.74) is 6.65. The molecule has 1 aromatic rings. The fourth-order valence-corrected chi connectivity index (χ4v) is 2.19. The SMILES string of the molecule is CCCC1(N)CN(C(=O)c2ccncc2)C1. The lowest BCUT2D eigenvalue weighted by molar-refractivity contribution is 0.0386. The minimum atomic E-state index is -0.155. The van der Waals surface area contributed by atoms with Gasteiger partial charge < -0.3 is 10.6 Å². The zero-order valence-electron chi connectivity index (χ0n) is 9.52. The van der Waals surface area contributed by atoms with Crippen LogP contribution in [0.25, 0.3) is 0 Å². The van der Waals surface area contributed by atoms with Gasteiger partial charge in [-0.1, -0.05) is 13.3 Å². The average molecular weight is 219 g/mol. The number of hydrogen-bond donors (Lipinski definition) is 1. The van der Waals surface area contributed by atoms with Crippen molar-refractivity contribution in [1.82, 2.24) is 9.88 Å². The zero-order valence-corrected chi connectivity index (χ0v) is 9.52. The molecule has 0 saturated carbocycles.